The first-order valence-corrected chi connectivity index (χ1v) is 10.7. The lowest BCUT2D eigenvalue weighted by atomic mass is 10.1. The Kier molecular flexibility index (Phi) is 6.61. The summed E-state index contributed by atoms with van der Waals surface area (Å²) in [5, 5.41) is 2.64. The topological polar surface area (TPSA) is 88.4 Å². The Morgan fingerprint density at radius 2 is 1.80 bits per heavy atom. The Labute approximate surface area is 198 Å². The van der Waals surface area contributed by atoms with Crippen LogP contribution in [0.2, 0.25) is 0 Å². The molecule has 0 atom stereocenters. The summed E-state index contributed by atoms with van der Waals surface area (Å²) in [6.07, 6.45) is -2.67. The molecule has 1 fully saturated rings. The second-order valence-corrected chi connectivity index (χ2v) is 8.12. The van der Waals surface area contributed by atoms with E-state index in [0.717, 1.165) is 12.3 Å². The van der Waals surface area contributed by atoms with Gasteiger partial charge in [-0.25, -0.2) is 19.3 Å². The largest absolute Gasteiger partial charge is 0.573 e. The molecule has 1 aromatic carbocycles. The summed E-state index contributed by atoms with van der Waals surface area (Å²) >= 11 is 0. The minimum Gasteiger partial charge on any atom is -0.404 e. The number of piperazine rings is 1. The van der Waals surface area contributed by atoms with Crippen LogP contribution < -0.4 is 10.1 Å². The zero-order valence-electron chi connectivity index (χ0n) is 19.2. The van der Waals surface area contributed by atoms with Crippen molar-refractivity contribution in [2.45, 2.75) is 13.3 Å². The van der Waals surface area contributed by atoms with E-state index in [2.05, 4.69) is 29.9 Å². The van der Waals surface area contributed by atoms with Crippen LogP contribution in [0.4, 0.5) is 29.2 Å². The molecule has 0 unspecified atom stereocenters. The van der Waals surface area contributed by atoms with Crippen LogP contribution in [0.15, 0.2) is 30.6 Å². The van der Waals surface area contributed by atoms with Crippen molar-refractivity contribution in [3.8, 4) is 17.1 Å². The molecule has 1 N–H and O–H groups in total. The van der Waals surface area contributed by atoms with Gasteiger partial charge in [-0.3, -0.25) is 4.79 Å². The molecule has 9 nitrogen and oxygen atoms in total. The average Bonchev–Trinajstić information content (AvgIpc) is 3.13. The Hall–Kier alpha value is -3.74. The van der Waals surface area contributed by atoms with Crippen molar-refractivity contribution >= 4 is 17.5 Å². The summed E-state index contributed by atoms with van der Waals surface area (Å²) in [6, 6.07) is 3.68. The van der Waals surface area contributed by atoms with Gasteiger partial charge >= 0.3 is 6.36 Å². The third kappa shape index (κ3) is 5.50. The molecule has 2 aromatic heterocycles. The second-order valence-electron chi connectivity index (χ2n) is 8.12. The van der Waals surface area contributed by atoms with E-state index in [-0.39, 0.29) is 22.9 Å². The van der Waals surface area contributed by atoms with E-state index in [4.69, 9.17) is 0 Å². The first-order chi connectivity index (χ1) is 16.5. The molecule has 0 saturated carbocycles. The number of nitrogens with zero attached hydrogens (tertiary/aromatic N) is 6. The van der Waals surface area contributed by atoms with E-state index in [9.17, 15) is 22.4 Å². The molecule has 35 heavy (non-hydrogen) atoms. The van der Waals surface area contributed by atoms with Crippen LogP contribution >= 0.6 is 0 Å². The molecule has 13 heteroatoms. The molecular weight excluding hydrogens is 470 g/mol. The number of rotatable bonds is 5. The van der Waals surface area contributed by atoms with Crippen molar-refractivity contribution < 1.29 is 27.1 Å². The van der Waals surface area contributed by atoms with Crippen LogP contribution in [0.1, 0.15) is 16.2 Å². The van der Waals surface area contributed by atoms with E-state index in [1.165, 1.54) is 18.3 Å². The van der Waals surface area contributed by atoms with Crippen LogP contribution in [-0.4, -0.2) is 74.8 Å². The summed E-state index contributed by atoms with van der Waals surface area (Å²) in [6.45, 7) is 3.98. The molecule has 1 amide bonds. The van der Waals surface area contributed by atoms with Gasteiger partial charge in [0.1, 0.15) is 11.5 Å². The van der Waals surface area contributed by atoms with E-state index in [1.807, 2.05) is 7.05 Å². The lowest BCUT2D eigenvalue weighted by Crippen LogP contribution is -2.47. The van der Waals surface area contributed by atoms with Gasteiger partial charge in [-0.2, -0.15) is 0 Å². The molecule has 0 bridgehead atoms. The maximum Gasteiger partial charge on any atom is 0.573 e. The highest BCUT2D eigenvalue weighted by atomic mass is 19.4. The number of halogens is 4. The van der Waals surface area contributed by atoms with Crippen LogP contribution in [-0.2, 0) is 7.05 Å². The number of hydrogen-bond donors (Lipinski definition) is 1. The van der Waals surface area contributed by atoms with Crippen molar-refractivity contribution in [2.75, 3.05) is 38.5 Å². The predicted octanol–water partition coefficient (Wildman–Crippen LogP) is 3.35. The number of carbonyl (C=O) groups is 1. The summed E-state index contributed by atoms with van der Waals surface area (Å²) < 4.78 is 59.6. The molecule has 3 aromatic rings. The molecule has 0 spiro atoms. The zero-order valence-corrected chi connectivity index (χ0v) is 19.2. The molecule has 4 rings (SSSR count). The number of amides is 1. The number of hydrogen-bond acceptors (Lipinski definition) is 7. The number of anilines is 2. The summed E-state index contributed by atoms with van der Waals surface area (Å²) in [5.74, 6) is -1.30. The van der Waals surface area contributed by atoms with Crippen LogP contribution in [0.25, 0.3) is 11.4 Å². The minimum atomic E-state index is -5.01. The van der Waals surface area contributed by atoms with Crippen molar-refractivity contribution in [3.63, 3.8) is 0 Å². The summed E-state index contributed by atoms with van der Waals surface area (Å²) in [4.78, 5) is 28.5. The van der Waals surface area contributed by atoms with Crippen LogP contribution in [0, 0.1) is 12.7 Å². The Bertz CT molecular complexity index is 1240. The highest BCUT2D eigenvalue weighted by molar-refractivity contribution is 5.95. The van der Waals surface area contributed by atoms with E-state index >= 15 is 0 Å². The fourth-order valence-corrected chi connectivity index (χ4v) is 3.61. The van der Waals surface area contributed by atoms with E-state index in [0.29, 0.717) is 37.7 Å². The lowest BCUT2D eigenvalue weighted by molar-refractivity contribution is -0.274. The first kappa shape index (κ1) is 24.4. The van der Waals surface area contributed by atoms with Gasteiger partial charge in [-0.05, 0) is 32.2 Å². The maximum absolute atomic E-state index is 14.4. The number of aryl methyl sites for hydroxylation is 1. The standard InChI is InChI=1S/C22H23F4N7O2/c1-13-27-12-17(32(13)3)19-15(23)11-28-21(30-19)29-16-5-4-14(10-18(16)35-22(24,25)26)20(34)33-8-6-31(2)7-9-33/h4-5,10-12H,6-9H2,1-3H3,(H,28,29,30). The highest BCUT2D eigenvalue weighted by Crippen LogP contribution is 2.34. The molecule has 1 aliphatic rings. The fourth-order valence-electron chi connectivity index (χ4n) is 3.61. The number of benzene rings is 1. The molecule has 186 valence electrons. The molecule has 3 heterocycles. The normalized spacial score (nSPS) is 14.8. The van der Waals surface area contributed by atoms with Gasteiger partial charge < -0.3 is 24.4 Å². The van der Waals surface area contributed by atoms with Crippen molar-refractivity contribution in [1.29, 1.82) is 0 Å². The molecule has 1 aliphatic heterocycles. The summed E-state index contributed by atoms with van der Waals surface area (Å²) in [7, 11) is 3.60. The Balaban J connectivity index is 1.65. The summed E-state index contributed by atoms with van der Waals surface area (Å²) in [5.41, 5.74) is 0.192. The maximum atomic E-state index is 14.4. The lowest BCUT2D eigenvalue weighted by Gasteiger charge is -2.32. The van der Waals surface area contributed by atoms with Gasteiger partial charge in [0, 0.05) is 38.8 Å². The van der Waals surface area contributed by atoms with Gasteiger partial charge in [0.15, 0.2) is 11.6 Å². The number of ether oxygens (including phenoxy) is 1. The molecular formula is C22H23F4N7O2. The quantitative estimate of drug-likeness (QED) is 0.546. The van der Waals surface area contributed by atoms with Gasteiger partial charge in [-0.15, -0.1) is 13.2 Å². The molecule has 1 saturated heterocycles. The number of alkyl halides is 3. The van der Waals surface area contributed by atoms with Crippen molar-refractivity contribution in [3.05, 3.63) is 47.8 Å². The van der Waals surface area contributed by atoms with E-state index in [1.54, 1.807) is 23.4 Å². The zero-order chi connectivity index (χ0) is 25.3. The Morgan fingerprint density at radius 1 is 1.09 bits per heavy atom. The smallest absolute Gasteiger partial charge is 0.404 e. The van der Waals surface area contributed by atoms with Gasteiger partial charge in [0.2, 0.25) is 5.95 Å². The number of likely N-dealkylation sites (N-methyl/N-ethyl adjacent to an activating group) is 1. The van der Waals surface area contributed by atoms with Gasteiger partial charge in [-0.1, -0.05) is 0 Å². The number of imidazole rings is 1. The Morgan fingerprint density at radius 3 is 2.43 bits per heavy atom. The third-order valence-corrected chi connectivity index (χ3v) is 5.70. The van der Waals surface area contributed by atoms with Crippen molar-refractivity contribution in [2.24, 2.45) is 7.05 Å². The van der Waals surface area contributed by atoms with Crippen LogP contribution in [0.3, 0.4) is 0 Å². The van der Waals surface area contributed by atoms with E-state index < -0.39 is 23.8 Å². The number of aromatic nitrogens is 4. The third-order valence-electron chi connectivity index (χ3n) is 5.70. The monoisotopic (exact) mass is 493 g/mol. The highest BCUT2D eigenvalue weighted by Gasteiger charge is 2.33. The average molecular weight is 493 g/mol. The van der Waals surface area contributed by atoms with Gasteiger partial charge in [0.25, 0.3) is 5.91 Å². The minimum absolute atomic E-state index is 0.0467. The number of carbonyl (C=O) groups excluding carboxylic acids is 1. The van der Waals surface area contributed by atoms with Crippen LogP contribution in [0.5, 0.6) is 5.75 Å². The fraction of sp³-hybridized carbons (Fsp3) is 0.364. The van der Waals surface area contributed by atoms with Crippen molar-refractivity contribution in [1.82, 2.24) is 29.3 Å². The van der Waals surface area contributed by atoms with Gasteiger partial charge in [0.05, 0.1) is 23.8 Å². The predicted molar refractivity (Wildman–Crippen MR) is 119 cm³/mol. The molecule has 0 radical (unpaired) electrons. The molecule has 0 aliphatic carbocycles. The second kappa shape index (κ2) is 9.49. The SMILES string of the molecule is Cc1ncc(-c2nc(Nc3ccc(C(=O)N4CCN(C)CC4)cc3OC(F)(F)F)ncc2F)n1C. The number of nitrogens with one attached hydrogen (secondary N) is 1. The first-order valence-electron chi connectivity index (χ1n) is 10.7.